The van der Waals surface area contributed by atoms with Gasteiger partial charge in [0.1, 0.15) is 0 Å². The molecule has 1 fully saturated rings. The fourth-order valence-electron chi connectivity index (χ4n) is 2.73. The highest BCUT2D eigenvalue weighted by molar-refractivity contribution is 8.00. The number of rotatable bonds is 6. The van der Waals surface area contributed by atoms with Crippen LogP contribution in [-0.4, -0.2) is 29.8 Å². The summed E-state index contributed by atoms with van der Waals surface area (Å²) in [6.45, 7) is 2.61. The number of amides is 2. The van der Waals surface area contributed by atoms with Gasteiger partial charge < -0.3 is 4.90 Å². The number of anilines is 1. The molecule has 1 N–H and O–H groups in total. The lowest BCUT2D eigenvalue weighted by Crippen LogP contribution is -2.23. The molecular formula is C20H20ClN3O2S. The van der Waals surface area contributed by atoms with Crippen molar-refractivity contribution in [3.63, 3.8) is 0 Å². The van der Waals surface area contributed by atoms with E-state index < -0.39 is 0 Å². The zero-order valence-corrected chi connectivity index (χ0v) is 16.5. The maximum Gasteiger partial charge on any atom is 0.250 e. The third-order valence-corrected chi connectivity index (χ3v) is 5.47. The van der Waals surface area contributed by atoms with Gasteiger partial charge in [0.2, 0.25) is 11.8 Å². The lowest BCUT2D eigenvalue weighted by Gasteiger charge is -2.15. The fourth-order valence-corrected chi connectivity index (χ4v) is 3.54. The Morgan fingerprint density at radius 2 is 1.89 bits per heavy atom. The Hall–Kier alpha value is -2.31. The van der Waals surface area contributed by atoms with E-state index in [2.05, 4.69) is 10.5 Å². The van der Waals surface area contributed by atoms with Crippen molar-refractivity contribution in [2.45, 2.75) is 24.7 Å². The summed E-state index contributed by atoms with van der Waals surface area (Å²) in [5.41, 5.74) is 5.08. The molecule has 0 saturated carbocycles. The minimum atomic E-state index is -0.173. The van der Waals surface area contributed by atoms with Gasteiger partial charge in [0.15, 0.2) is 0 Å². The van der Waals surface area contributed by atoms with E-state index in [1.54, 1.807) is 17.0 Å². The first kappa shape index (κ1) is 19.5. The van der Waals surface area contributed by atoms with Crippen molar-refractivity contribution in [2.24, 2.45) is 5.10 Å². The van der Waals surface area contributed by atoms with Crippen LogP contribution < -0.4 is 10.3 Å². The van der Waals surface area contributed by atoms with Gasteiger partial charge in [-0.2, -0.15) is 5.10 Å². The second kappa shape index (κ2) is 9.06. The van der Waals surface area contributed by atoms with Crippen LogP contribution in [0.25, 0.3) is 0 Å². The molecule has 1 aliphatic heterocycles. The van der Waals surface area contributed by atoms with Crippen molar-refractivity contribution in [3.8, 4) is 0 Å². The van der Waals surface area contributed by atoms with Crippen LogP contribution in [0.4, 0.5) is 5.69 Å². The van der Waals surface area contributed by atoms with E-state index in [-0.39, 0.29) is 17.6 Å². The molecule has 5 nitrogen and oxygen atoms in total. The SMILES string of the molecule is C/C(=N/NC(=O)CSc1ccc(Cl)cc1)c1ccc(N2CCCC2=O)cc1. The lowest BCUT2D eigenvalue weighted by molar-refractivity contribution is -0.118. The summed E-state index contributed by atoms with van der Waals surface area (Å²) in [6, 6.07) is 15.0. The minimum Gasteiger partial charge on any atom is -0.312 e. The number of nitrogens with zero attached hydrogens (tertiary/aromatic N) is 2. The topological polar surface area (TPSA) is 61.8 Å². The van der Waals surface area contributed by atoms with Crippen molar-refractivity contribution >= 4 is 46.6 Å². The van der Waals surface area contributed by atoms with Gasteiger partial charge in [0.25, 0.3) is 0 Å². The molecule has 27 heavy (non-hydrogen) atoms. The molecule has 140 valence electrons. The molecule has 1 heterocycles. The summed E-state index contributed by atoms with van der Waals surface area (Å²) in [7, 11) is 0. The quantitative estimate of drug-likeness (QED) is 0.450. The Balaban J connectivity index is 1.52. The molecule has 2 aromatic rings. The normalized spacial score (nSPS) is 14.5. The number of hydrazone groups is 1. The number of hydrogen-bond donors (Lipinski definition) is 1. The first-order valence-corrected chi connectivity index (χ1v) is 10.0. The number of halogens is 1. The van der Waals surface area contributed by atoms with Crippen LogP contribution in [0.1, 0.15) is 25.3 Å². The summed E-state index contributed by atoms with van der Waals surface area (Å²) >= 11 is 7.27. The first-order valence-electron chi connectivity index (χ1n) is 8.65. The van der Waals surface area contributed by atoms with Gasteiger partial charge in [-0.15, -0.1) is 11.8 Å². The Morgan fingerprint density at radius 3 is 2.52 bits per heavy atom. The number of nitrogens with one attached hydrogen (secondary N) is 1. The Morgan fingerprint density at radius 1 is 1.19 bits per heavy atom. The van der Waals surface area contributed by atoms with E-state index in [4.69, 9.17) is 11.6 Å². The molecule has 3 rings (SSSR count). The summed E-state index contributed by atoms with van der Waals surface area (Å²) in [6.07, 6.45) is 1.52. The van der Waals surface area contributed by atoms with Crippen molar-refractivity contribution in [2.75, 3.05) is 17.2 Å². The number of carbonyl (C=O) groups is 2. The molecule has 2 amide bonds. The highest BCUT2D eigenvalue weighted by Gasteiger charge is 2.21. The molecule has 1 saturated heterocycles. The summed E-state index contributed by atoms with van der Waals surface area (Å²) in [5, 5.41) is 4.84. The van der Waals surface area contributed by atoms with Gasteiger partial charge >= 0.3 is 0 Å². The van der Waals surface area contributed by atoms with Gasteiger partial charge in [-0.1, -0.05) is 23.7 Å². The molecule has 2 aromatic carbocycles. The minimum absolute atomic E-state index is 0.165. The molecule has 0 unspecified atom stereocenters. The first-order chi connectivity index (χ1) is 13.0. The second-order valence-electron chi connectivity index (χ2n) is 6.17. The van der Waals surface area contributed by atoms with Crippen LogP contribution in [0.5, 0.6) is 0 Å². The van der Waals surface area contributed by atoms with Gasteiger partial charge in [0, 0.05) is 28.6 Å². The third-order valence-electron chi connectivity index (χ3n) is 4.20. The standard InChI is InChI=1S/C20H20ClN3O2S/c1-14(15-4-8-17(9-5-15)24-12-2-3-20(24)26)22-23-19(25)13-27-18-10-6-16(21)7-11-18/h4-11H,2-3,12-13H2,1H3,(H,23,25)/b22-14-. The summed E-state index contributed by atoms with van der Waals surface area (Å²) in [4.78, 5) is 26.5. The maximum absolute atomic E-state index is 12.0. The van der Waals surface area contributed by atoms with E-state index in [9.17, 15) is 9.59 Å². The van der Waals surface area contributed by atoms with Crippen LogP contribution in [-0.2, 0) is 9.59 Å². The molecule has 1 aliphatic rings. The van der Waals surface area contributed by atoms with Crippen molar-refractivity contribution in [1.82, 2.24) is 5.43 Å². The zero-order valence-electron chi connectivity index (χ0n) is 14.9. The molecule has 0 atom stereocenters. The molecule has 0 bridgehead atoms. The molecule has 0 radical (unpaired) electrons. The smallest absolute Gasteiger partial charge is 0.250 e. The molecule has 0 spiro atoms. The average Bonchev–Trinajstić information content (AvgIpc) is 3.11. The number of benzene rings is 2. The number of carbonyl (C=O) groups excluding carboxylic acids is 2. The predicted molar refractivity (Wildman–Crippen MR) is 111 cm³/mol. The van der Waals surface area contributed by atoms with Crippen molar-refractivity contribution < 1.29 is 9.59 Å². The second-order valence-corrected chi connectivity index (χ2v) is 7.66. The Bertz CT molecular complexity index is 851. The van der Waals surface area contributed by atoms with Crippen LogP contribution >= 0.6 is 23.4 Å². The van der Waals surface area contributed by atoms with E-state index in [0.29, 0.717) is 17.2 Å². The Kier molecular flexibility index (Phi) is 6.53. The largest absolute Gasteiger partial charge is 0.312 e. The molecule has 0 aromatic heterocycles. The van der Waals surface area contributed by atoms with E-state index in [1.165, 1.54) is 11.8 Å². The monoisotopic (exact) mass is 401 g/mol. The molecule has 0 aliphatic carbocycles. The van der Waals surface area contributed by atoms with Crippen LogP contribution in [0.2, 0.25) is 5.02 Å². The number of hydrogen-bond acceptors (Lipinski definition) is 4. The summed E-state index contributed by atoms with van der Waals surface area (Å²) < 4.78 is 0. The fraction of sp³-hybridized carbons (Fsp3) is 0.250. The molecular weight excluding hydrogens is 382 g/mol. The molecule has 7 heteroatoms. The van der Waals surface area contributed by atoms with Crippen LogP contribution in [0.15, 0.2) is 58.5 Å². The van der Waals surface area contributed by atoms with Gasteiger partial charge in [-0.05, 0) is 55.3 Å². The van der Waals surface area contributed by atoms with Crippen molar-refractivity contribution in [1.29, 1.82) is 0 Å². The summed E-state index contributed by atoms with van der Waals surface area (Å²) in [5.74, 6) is 0.265. The van der Waals surface area contributed by atoms with Gasteiger partial charge in [-0.25, -0.2) is 5.43 Å². The highest BCUT2D eigenvalue weighted by Crippen LogP contribution is 2.22. The van der Waals surface area contributed by atoms with E-state index in [1.807, 2.05) is 43.3 Å². The van der Waals surface area contributed by atoms with Crippen LogP contribution in [0.3, 0.4) is 0 Å². The number of thioether (sulfide) groups is 1. The zero-order chi connectivity index (χ0) is 19.2. The lowest BCUT2D eigenvalue weighted by atomic mass is 10.1. The van der Waals surface area contributed by atoms with Crippen LogP contribution in [0, 0.1) is 0 Å². The maximum atomic E-state index is 12.0. The highest BCUT2D eigenvalue weighted by atomic mass is 35.5. The van der Waals surface area contributed by atoms with Crippen molar-refractivity contribution in [3.05, 3.63) is 59.1 Å². The predicted octanol–water partition coefficient (Wildman–Crippen LogP) is 4.10. The third kappa shape index (κ3) is 5.34. The van der Waals surface area contributed by atoms with Gasteiger partial charge in [0.05, 0.1) is 11.5 Å². The Labute approximate surface area is 167 Å². The van der Waals surface area contributed by atoms with E-state index >= 15 is 0 Å². The average molecular weight is 402 g/mol. The van der Waals surface area contributed by atoms with E-state index in [0.717, 1.165) is 29.1 Å². The van der Waals surface area contributed by atoms with Gasteiger partial charge in [-0.3, -0.25) is 9.59 Å².